The molecule has 0 aliphatic rings. The number of benzene rings is 4. The number of fused-ring (bicyclic) bond motifs is 1. The molecule has 4 rings (SSSR count). The zero-order chi connectivity index (χ0) is 18.9. The van der Waals surface area contributed by atoms with Crippen LogP contribution < -0.4 is 5.19 Å². The van der Waals surface area contributed by atoms with E-state index in [4.69, 9.17) is 0 Å². The first-order chi connectivity index (χ1) is 13.2. The summed E-state index contributed by atoms with van der Waals surface area (Å²) < 4.78 is 0. The lowest BCUT2D eigenvalue weighted by atomic mass is 9.81. The summed E-state index contributed by atoms with van der Waals surface area (Å²) in [6.07, 6.45) is 0. The lowest BCUT2D eigenvalue weighted by Crippen LogP contribution is -2.33. The standard InChI is InChI=1S/C25H25PSi/c1-26(2)25(20-12-5-3-6-13-20,21-14-7-4-8-15-21)24-22-16-10-9-11-19(22)17-18-23(24)27/h3-18H,1-2,27H3. The Balaban J connectivity index is 2.20. The van der Waals surface area contributed by atoms with Crippen molar-refractivity contribution in [2.45, 2.75) is 5.16 Å². The van der Waals surface area contributed by atoms with Crippen molar-refractivity contribution >= 4 is 34.1 Å². The van der Waals surface area contributed by atoms with Gasteiger partial charge < -0.3 is 0 Å². The van der Waals surface area contributed by atoms with Gasteiger partial charge in [0.05, 0.1) is 5.16 Å². The quantitative estimate of drug-likeness (QED) is 0.268. The summed E-state index contributed by atoms with van der Waals surface area (Å²) in [6, 6.07) is 35.8. The lowest BCUT2D eigenvalue weighted by Gasteiger charge is -2.42. The second-order valence-corrected chi connectivity index (χ2v) is 10.9. The fourth-order valence-corrected chi connectivity index (χ4v) is 7.51. The van der Waals surface area contributed by atoms with Crippen LogP contribution in [-0.4, -0.2) is 23.6 Å². The minimum atomic E-state index is -0.344. The van der Waals surface area contributed by atoms with Gasteiger partial charge in [-0.05, 0) is 40.8 Å². The van der Waals surface area contributed by atoms with E-state index in [9.17, 15) is 0 Å². The van der Waals surface area contributed by atoms with Gasteiger partial charge in [-0.3, -0.25) is 0 Å². The van der Waals surface area contributed by atoms with Crippen LogP contribution in [0.1, 0.15) is 16.7 Å². The van der Waals surface area contributed by atoms with Gasteiger partial charge in [0.15, 0.2) is 0 Å². The molecule has 0 radical (unpaired) electrons. The van der Waals surface area contributed by atoms with Crippen LogP contribution >= 0.6 is 7.92 Å². The molecule has 0 atom stereocenters. The Kier molecular flexibility index (Phi) is 4.99. The molecule has 0 heterocycles. The SMILES string of the molecule is CP(C)C(c1ccccc1)(c1ccccc1)c1c([SiH3])ccc2ccccc12. The van der Waals surface area contributed by atoms with Gasteiger partial charge in [-0.2, -0.15) is 0 Å². The molecule has 0 aromatic heterocycles. The normalized spacial score (nSPS) is 12.0. The fraction of sp³-hybridized carbons (Fsp3) is 0.120. The van der Waals surface area contributed by atoms with Gasteiger partial charge >= 0.3 is 0 Å². The third-order valence-electron chi connectivity index (χ3n) is 5.55. The Morgan fingerprint density at radius 2 is 1.15 bits per heavy atom. The molecule has 0 unspecified atom stereocenters. The van der Waals surface area contributed by atoms with E-state index < -0.39 is 0 Å². The van der Waals surface area contributed by atoms with Crippen LogP contribution in [0.25, 0.3) is 10.8 Å². The summed E-state index contributed by atoms with van der Waals surface area (Å²) >= 11 is 0. The Bertz CT molecular complexity index is 1020. The van der Waals surface area contributed by atoms with Gasteiger partial charge in [0.2, 0.25) is 0 Å². The molecule has 4 aromatic carbocycles. The van der Waals surface area contributed by atoms with Crippen molar-refractivity contribution in [2.75, 3.05) is 13.3 Å². The van der Waals surface area contributed by atoms with Gasteiger partial charge in [-0.1, -0.05) is 110 Å². The van der Waals surface area contributed by atoms with E-state index >= 15 is 0 Å². The van der Waals surface area contributed by atoms with Crippen LogP contribution in [0, 0.1) is 0 Å². The Labute approximate surface area is 166 Å². The van der Waals surface area contributed by atoms with Crippen molar-refractivity contribution < 1.29 is 0 Å². The van der Waals surface area contributed by atoms with Crippen LogP contribution in [0.4, 0.5) is 0 Å². The van der Waals surface area contributed by atoms with Crippen molar-refractivity contribution in [3.05, 3.63) is 114 Å². The molecule has 0 spiro atoms. The van der Waals surface area contributed by atoms with E-state index in [-0.39, 0.29) is 13.1 Å². The molecule has 0 N–H and O–H groups in total. The zero-order valence-corrected chi connectivity index (χ0v) is 19.1. The molecule has 4 aromatic rings. The largest absolute Gasteiger partial charge is 0.0926 e. The van der Waals surface area contributed by atoms with Gasteiger partial charge in [0, 0.05) is 10.2 Å². The molecule has 0 nitrogen and oxygen atoms in total. The molecular weight excluding hydrogens is 359 g/mol. The second-order valence-electron chi connectivity index (χ2n) is 7.32. The van der Waals surface area contributed by atoms with E-state index in [1.165, 1.54) is 32.6 Å². The third-order valence-corrected chi connectivity index (χ3v) is 8.47. The number of rotatable bonds is 4. The van der Waals surface area contributed by atoms with Gasteiger partial charge in [0.1, 0.15) is 0 Å². The summed E-state index contributed by atoms with van der Waals surface area (Å²) in [4.78, 5) is 0. The van der Waals surface area contributed by atoms with Gasteiger partial charge in [-0.15, -0.1) is 0 Å². The summed E-state index contributed by atoms with van der Waals surface area (Å²) in [7, 11) is 0.690. The molecule has 0 fully saturated rings. The van der Waals surface area contributed by atoms with Crippen molar-refractivity contribution in [2.24, 2.45) is 0 Å². The number of hydrogen-bond donors (Lipinski definition) is 0. The van der Waals surface area contributed by atoms with Crippen LogP contribution in [0.15, 0.2) is 97.1 Å². The Morgan fingerprint density at radius 1 is 0.630 bits per heavy atom. The average molecular weight is 385 g/mol. The second kappa shape index (κ2) is 7.42. The minimum absolute atomic E-state index is 0.101. The molecule has 0 amide bonds. The van der Waals surface area contributed by atoms with E-state index in [0.29, 0.717) is 0 Å². The molecule has 27 heavy (non-hydrogen) atoms. The van der Waals surface area contributed by atoms with Gasteiger partial charge in [0.25, 0.3) is 0 Å². The number of hydrogen-bond acceptors (Lipinski definition) is 0. The topological polar surface area (TPSA) is 0 Å². The van der Waals surface area contributed by atoms with Crippen LogP contribution in [-0.2, 0) is 5.16 Å². The van der Waals surface area contributed by atoms with Crippen molar-refractivity contribution in [1.29, 1.82) is 0 Å². The molecule has 0 aliphatic carbocycles. The smallest absolute Gasteiger partial charge is 0.0647 e. The monoisotopic (exact) mass is 384 g/mol. The molecule has 134 valence electrons. The van der Waals surface area contributed by atoms with Crippen LogP contribution in [0.5, 0.6) is 0 Å². The summed E-state index contributed by atoms with van der Waals surface area (Å²) in [5, 5.41) is 4.13. The van der Waals surface area contributed by atoms with Gasteiger partial charge in [-0.25, -0.2) is 0 Å². The zero-order valence-electron chi connectivity index (χ0n) is 16.2. The molecule has 0 aliphatic heterocycles. The predicted octanol–water partition coefficient (Wildman–Crippen LogP) is 4.86. The maximum atomic E-state index is 2.43. The van der Waals surface area contributed by atoms with Crippen LogP contribution in [0.2, 0.25) is 0 Å². The maximum Gasteiger partial charge on any atom is 0.0647 e. The summed E-state index contributed by atoms with van der Waals surface area (Å²) in [6.45, 7) is 4.86. The van der Waals surface area contributed by atoms with E-state index in [0.717, 1.165) is 10.2 Å². The first-order valence-corrected chi connectivity index (χ1v) is 12.7. The Morgan fingerprint density at radius 3 is 1.70 bits per heavy atom. The molecule has 2 heteroatoms. The summed E-state index contributed by atoms with van der Waals surface area (Å²) in [5.41, 5.74) is 4.32. The van der Waals surface area contributed by atoms with E-state index in [1.54, 1.807) is 0 Å². The fourth-order valence-electron chi connectivity index (χ4n) is 4.41. The van der Waals surface area contributed by atoms with Crippen LogP contribution in [0.3, 0.4) is 0 Å². The van der Waals surface area contributed by atoms with Crippen molar-refractivity contribution in [1.82, 2.24) is 0 Å². The Hall–Kier alpha value is -2.21. The highest BCUT2D eigenvalue weighted by Crippen LogP contribution is 2.59. The van der Waals surface area contributed by atoms with Crippen molar-refractivity contribution in [3.63, 3.8) is 0 Å². The van der Waals surface area contributed by atoms with E-state index in [1.807, 2.05) is 0 Å². The highest BCUT2D eigenvalue weighted by atomic mass is 31.1. The highest BCUT2D eigenvalue weighted by molar-refractivity contribution is 7.58. The molecule has 0 bridgehead atoms. The summed E-state index contributed by atoms with van der Waals surface area (Å²) in [5.74, 6) is 0. The lowest BCUT2D eigenvalue weighted by molar-refractivity contribution is 0.896. The van der Waals surface area contributed by atoms with E-state index in [2.05, 4.69) is 110 Å². The predicted molar refractivity (Wildman–Crippen MR) is 125 cm³/mol. The maximum absolute atomic E-state index is 2.43. The third kappa shape index (κ3) is 2.96. The first kappa shape index (κ1) is 18.2. The van der Waals surface area contributed by atoms with Crippen molar-refractivity contribution in [3.8, 4) is 0 Å². The molecular formula is C25H25PSi. The minimum Gasteiger partial charge on any atom is -0.0926 e. The molecule has 0 saturated carbocycles. The molecule has 0 saturated heterocycles. The highest BCUT2D eigenvalue weighted by Gasteiger charge is 2.41. The average Bonchev–Trinajstić information content (AvgIpc) is 2.71. The first-order valence-electron chi connectivity index (χ1n) is 9.43.